The van der Waals surface area contributed by atoms with Crippen LogP contribution >= 0.6 is 23.2 Å². The highest BCUT2D eigenvalue weighted by molar-refractivity contribution is 6.39. The summed E-state index contributed by atoms with van der Waals surface area (Å²) in [5.41, 5.74) is 0.397. The van der Waals surface area contributed by atoms with Gasteiger partial charge in [0.1, 0.15) is 0 Å². The number of rotatable bonds is 2. The van der Waals surface area contributed by atoms with Crippen LogP contribution in [0.15, 0.2) is 18.2 Å². The maximum atomic E-state index is 12.4. The number of benzene rings is 1. The van der Waals surface area contributed by atoms with E-state index in [4.69, 9.17) is 23.2 Å². The number of piperidine rings is 1. The van der Waals surface area contributed by atoms with Crippen molar-refractivity contribution in [1.82, 2.24) is 10.2 Å². The molecule has 3 nitrogen and oxygen atoms in total. The van der Waals surface area contributed by atoms with Gasteiger partial charge in [-0.05, 0) is 31.5 Å². The first-order chi connectivity index (χ1) is 8.61. The number of halogens is 2. The molecular weight excluding hydrogens is 271 g/mol. The van der Waals surface area contributed by atoms with E-state index in [1.165, 1.54) is 0 Å². The molecule has 1 saturated heterocycles. The molecule has 0 saturated carbocycles. The Morgan fingerprint density at radius 2 is 2.06 bits per heavy atom. The summed E-state index contributed by atoms with van der Waals surface area (Å²) >= 11 is 12.1. The first-order valence-electron chi connectivity index (χ1n) is 6.03. The monoisotopic (exact) mass is 286 g/mol. The summed E-state index contributed by atoms with van der Waals surface area (Å²) in [5, 5.41) is 4.10. The minimum absolute atomic E-state index is 0.112. The minimum atomic E-state index is -0.112. The molecule has 1 heterocycles. The lowest BCUT2D eigenvalue weighted by atomic mass is 10.1. The summed E-state index contributed by atoms with van der Waals surface area (Å²) in [6.45, 7) is 1.84. The summed E-state index contributed by atoms with van der Waals surface area (Å²) in [4.78, 5) is 14.2. The van der Waals surface area contributed by atoms with Gasteiger partial charge in [-0.1, -0.05) is 29.3 Å². The lowest BCUT2D eigenvalue weighted by Crippen LogP contribution is -2.46. The summed E-state index contributed by atoms with van der Waals surface area (Å²) in [6, 6.07) is 5.32. The number of hydrogen-bond donors (Lipinski definition) is 1. The van der Waals surface area contributed by atoms with Crippen LogP contribution < -0.4 is 5.32 Å². The van der Waals surface area contributed by atoms with Gasteiger partial charge in [0.2, 0.25) is 0 Å². The van der Waals surface area contributed by atoms with Gasteiger partial charge in [-0.15, -0.1) is 0 Å². The van der Waals surface area contributed by atoms with Gasteiger partial charge in [-0.2, -0.15) is 0 Å². The fourth-order valence-corrected chi connectivity index (χ4v) is 2.77. The molecule has 1 aromatic carbocycles. The number of amides is 1. The van der Waals surface area contributed by atoms with Crippen molar-refractivity contribution in [2.75, 3.05) is 20.1 Å². The first kappa shape index (κ1) is 13.7. The van der Waals surface area contributed by atoms with Gasteiger partial charge in [-0.25, -0.2) is 0 Å². The highest BCUT2D eigenvalue weighted by atomic mass is 35.5. The molecule has 0 aliphatic carbocycles. The van der Waals surface area contributed by atoms with Gasteiger partial charge >= 0.3 is 0 Å². The third-order valence-corrected chi connectivity index (χ3v) is 3.95. The van der Waals surface area contributed by atoms with Crippen molar-refractivity contribution in [3.63, 3.8) is 0 Å². The van der Waals surface area contributed by atoms with Crippen LogP contribution in [0, 0.1) is 0 Å². The number of hydrogen-bond acceptors (Lipinski definition) is 2. The van der Waals surface area contributed by atoms with Crippen LogP contribution in [0.2, 0.25) is 10.0 Å². The Morgan fingerprint density at radius 1 is 1.39 bits per heavy atom. The second-order valence-corrected chi connectivity index (χ2v) is 5.33. The molecule has 1 aliphatic heterocycles. The van der Waals surface area contributed by atoms with Crippen LogP contribution in [0.3, 0.4) is 0 Å². The molecule has 1 fully saturated rings. The molecule has 0 spiro atoms. The van der Waals surface area contributed by atoms with E-state index in [2.05, 4.69) is 5.32 Å². The summed E-state index contributed by atoms with van der Waals surface area (Å²) in [7, 11) is 1.81. The normalized spacial score (nSPS) is 19.6. The highest BCUT2D eigenvalue weighted by Crippen LogP contribution is 2.26. The lowest BCUT2D eigenvalue weighted by Gasteiger charge is -2.32. The molecule has 1 atom stereocenters. The van der Waals surface area contributed by atoms with Crippen molar-refractivity contribution in [3.05, 3.63) is 33.8 Å². The van der Waals surface area contributed by atoms with Crippen molar-refractivity contribution >= 4 is 29.1 Å². The Bertz CT molecular complexity index is 424. The molecule has 1 aliphatic rings. The van der Waals surface area contributed by atoms with Crippen molar-refractivity contribution in [1.29, 1.82) is 0 Å². The molecule has 0 aromatic heterocycles. The maximum absolute atomic E-state index is 12.4. The minimum Gasteiger partial charge on any atom is -0.337 e. The van der Waals surface area contributed by atoms with Crippen LogP contribution in [0.1, 0.15) is 23.2 Å². The zero-order chi connectivity index (χ0) is 13.1. The number of likely N-dealkylation sites (N-methyl/N-ethyl adjacent to an activating group) is 1. The molecule has 98 valence electrons. The van der Waals surface area contributed by atoms with Gasteiger partial charge in [-0.3, -0.25) is 4.79 Å². The molecule has 1 amide bonds. The Hall–Kier alpha value is -0.770. The van der Waals surface area contributed by atoms with Crippen molar-refractivity contribution < 1.29 is 4.79 Å². The lowest BCUT2D eigenvalue weighted by molar-refractivity contribution is 0.0708. The number of nitrogens with one attached hydrogen (secondary N) is 1. The second-order valence-electron chi connectivity index (χ2n) is 4.51. The van der Waals surface area contributed by atoms with Gasteiger partial charge in [0, 0.05) is 19.6 Å². The maximum Gasteiger partial charge on any atom is 0.256 e. The molecule has 1 aromatic rings. The molecule has 18 heavy (non-hydrogen) atoms. The van der Waals surface area contributed by atoms with E-state index in [0.717, 1.165) is 25.9 Å². The quantitative estimate of drug-likeness (QED) is 0.907. The fraction of sp³-hybridized carbons (Fsp3) is 0.462. The van der Waals surface area contributed by atoms with Crippen LogP contribution in [0.5, 0.6) is 0 Å². The molecule has 0 radical (unpaired) electrons. The molecule has 0 bridgehead atoms. The SMILES string of the molecule is CN(C(=O)c1c(Cl)cccc1Cl)C1CCCNC1. The Labute approximate surface area is 117 Å². The van der Waals surface area contributed by atoms with Crippen LogP contribution in [0.4, 0.5) is 0 Å². The smallest absolute Gasteiger partial charge is 0.256 e. The Balaban J connectivity index is 2.19. The van der Waals surface area contributed by atoms with Gasteiger partial charge in [0.15, 0.2) is 0 Å². The highest BCUT2D eigenvalue weighted by Gasteiger charge is 2.25. The van der Waals surface area contributed by atoms with Crippen molar-refractivity contribution in [2.24, 2.45) is 0 Å². The largest absolute Gasteiger partial charge is 0.337 e. The number of carbonyl (C=O) groups excluding carboxylic acids is 1. The molecular formula is C13H16Cl2N2O. The van der Waals surface area contributed by atoms with E-state index in [9.17, 15) is 4.79 Å². The predicted molar refractivity (Wildman–Crippen MR) is 74.4 cm³/mol. The van der Waals surface area contributed by atoms with Gasteiger partial charge < -0.3 is 10.2 Å². The van der Waals surface area contributed by atoms with Crippen molar-refractivity contribution in [2.45, 2.75) is 18.9 Å². The van der Waals surface area contributed by atoms with Crippen LogP contribution in [0.25, 0.3) is 0 Å². The zero-order valence-electron chi connectivity index (χ0n) is 10.2. The topological polar surface area (TPSA) is 32.3 Å². The Kier molecular flexibility index (Phi) is 4.49. The second kappa shape index (κ2) is 5.91. The summed E-state index contributed by atoms with van der Waals surface area (Å²) in [5.74, 6) is -0.112. The van der Waals surface area contributed by atoms with Crippen LogP contribution in [-0.2, 0) is 0 Å². The van der Waals surface area contributed by atoms with Crippen molar-refractivity contribution in [3.8, 4) is 0 Å². The average molecular weight is 287 g/mol. The third-order valence-electron chi connectivity index (χ3n) is 3.32. The van der Waals surface area contributed by atoms with E-state index in [1.807, 2.05) is 0 Å². The molecule has 1 N–H and O–H groups in total. The van der Waals surface area contributed by atoms with E-state index >= 15 is 0 Å². The predicted octanol–water partition coefficient (Wildman–Crippen LogP) is 2.82. The van der Waals surface area contributed by atoms with Gasteiger partial charge in [0.05, 0.1) is 15.6 Å². The van der Waals surface area contributed by atoms with Gasteiger partial charge in [0.25, 0.3) is 5.91 Å². The zero-order valence-corrected chi connectivity index (χ0v) is 11.8. The first-order valence-corrected chi connectivity index (χ1v) is 6.78. The Morgan fingerprint density at radius 3 is 2.61 bits per heavy atom. The fourth-order valence-electron chi connectivity index (χ4n) is 2.21. The summed E-state index contributed by atoms with van der Waals surface area (Å²) < 4.78 is 0. The number of nitrogens with zero attached hydrogens (tertiary/aromatic N) is 1. The average Bonchev–Trinajstić information content (AvgIpc) is 2.38. The van der Waals surface area contributed by atoms with Crippen LogP contribution in [-0.4, -0.2) is 37.0 Å². The molecule has 1 unspecified atom stereocenters. The molecule has 5 heteroatoms. The summed E-state index contributed by atoms with van der Waals surface area (Å²) in [6.07, 6.45) is 2.09. The third kappa shape index (κ3) is 2.79. The van der Waals surface area contributed by atoms with E-state index in [1.54, 1.807) is 30.1 Å². The van der Waals surface area contributed by atoms with E-state index < -0.39 is 0 Å². The van der Waals surface area contributed by atoms with E-state index in [0.29, 0.717) is 15.6 Å². The standard InChI is InChI=1S/C13H16Cl2N2O/c1-17(9-4-3-7-16-8-9)13(18)12-10(14)5-2-6-11(12)15/h2,5-6,9,16H,3-4,7-8H2,1H3. The molecule has 2 rings (SSSR count). The number of carbonyl (C=O) groups is 1. The van der Waals surface area contributed by atoms with E-state index in [-0.39, 0.29) is 11.9 Å².